The summed E-state index contributed by atoms with van der Waals surface area (Å²) in [6.07, 6.45) is 1.50. The Morgan fingerprint density at radius 2 is 2.07 bits per heavy atom. The average Bonchev–Trinajstić information content (AvgIpc) is 2.26. The van der Waals surface area contributed by atoms with E-state index in [0.717, 1.165) is 9.99 Å². The number of Topliss-reactive ketones (excluding diaryl/α,β-unsaturated/α-hetero) is 1. The number of ketones is 1. The van der Waals surface area contributed by atoms with E-state index < -0.39 is 5.92 Å². The second-order valence-electron chi connectivity index (χ2n) is 3.34. The van der Waals surface area contributed by atoms with Crippen LogP contribution in [0, 0.1) is 20.8 Å². The summed E-state index contributed by atoms with van der Waals surface area (Å²) in [5.74, 6) is -0.550. The van der Waals surface area contributed by atoms with E-state index in [0.29, 0.717) is 12.0 Å². The summed E-state index contributed by atoms with van der Waals surface area (Å²) in [5, 5.41) is 8.87. The van der Waals surface area contributed by atoms with Crippen LogP contribution in [0.3, 0.4) is 0 Å². The van der Waals surface area contributed by atoms with Crippen molar-refractivity contribution < 1.29 is 4.79 Å². The first-order valence-corrected chi connectivity index (χ1v) is 5.96. The van der Waals surface area contributed by atoms with Crippen LogP contribution in [0.15, 0.2) is 24.3 Å². The van der Waals surface area contributed by atoms with Gasteiger partial charge in [-0.25, -0.2) is 0 Å². The van der Waals surface area contributed by atoms with Gasteiger partial charge in [0.15, 0.2) is 5.78 Å². The van der Waals surface area contributed by atoms with E-state index in [9.17, 15) is 4.79 Å². The molecule has 0 spiro atoms. The molecule has 78 valence electrons. The lowest BCUT2D eigenvalue weighted by Gasteiger charge is -2.06. The monoisotopic (exact) mass is 313 g/mol. The molecule has 0 radical (unpaired) electrons. The molecule has 0 aliphatic heterocycles. The third-order valence-electron chi connectivity index (χ3n) is 2.18. The van der Waals surface area contributed by atoms with Gasteiger partial charge in [-0.3, -0.25) is 4.79 Å². The molecule has 0 aromatic heterocycles. The number of nitriles is 1. The van der Waals surface area contributed by atoms with E-state index in [-0.39, 0.29) is 5.78 Å². The van der Waals surface area contributed by atoms with Crippen LogP contribution in [0.1, 0.15) is 30.1 Å². The summed E-state index contributed by atoms with van der Waals surface area (Å²) < 4.78 is 1.09. The summed E-state index contributed by atoms with van der Waals surface area (Å²) in [4.78, 5) is 11.9. The van der Waals surface area contributed by atoms with Gasteiger partial charge < -0.3 is 0 Å². The fourth-order valence-electron chi connectivity index (χ4n) is 1.36. The van der Waals surface area contributed by atoms with Gasteiger partial charge in [-0.1, -0.05) is 25.5 Å². The Labute approximate surface area is 103 Å². The predicted octanol–water partition coefficient (Wildman–Crippen LogP) is 3.41. The number of nitrogens with zero attached hydrogens (tertiary/aromatic N) is 1. The van der Waals surface area contributed by atoms with E-state index in [4.69, 9.17) is 5.26 Å². The van der Waals surface area contributed by atoms with Gasteiger partial charge in [0.2, 0.25) is 0 Å². The van der Waals surface area contributed by atoms with Crippen molar-refractivity contribution in [3.05, 3.63) is 33.4 Å². The molecule has 15 heavy (non-hydrogen) atoms. The molecule has 2 nitrogen and oxygen atoms in total. The summed E-state index contributed by atoms with van der Waals surface area (Å²) in [6.45, 7) is 1.98. The second-order valence-corrected chi connectivity index (χ2v) is 4.59. The van der Waals surface area contributed by atoms with Crippen molar-refractivity contribution in [2.24, 2.45) is 5.92 Å². The highest BCUT2D eigenvalue weighted by molar-refractivity contribution is 14.1. The van der Waals surface area contributed by atoms with E-state index in [1.165, 1.54) is 0 Å². The Morgan fingerprint density at radius 3 is 2.53 bits per heavy atom. The van der Waals surface area contributed by atoms with Crippen LogP contribution in [0.5, 0.6) is 0 Å². The zero-order valence-electron chi connectivity index (χ0n) is 8.53. The van der Waals surface area contributed by atoms with Gasteiger partial charge in [-0.15, -0.1) is 0 Å². The topological polar surface area (TPSA) is 40.9 Å². The minimum absolute atomic E-state index is 0.0595. The number of carbonyl (C=O) groups excluding carboxylic acids is 1. The summed E-state index contributed by atoms with van der Waals surface area (Å²) >= 11 is 2.19. The summed E-state index contributed by atoms with van der Waals surface area (Å²) in [7, 11) is 0. The molecule has 0 N–H and O–H groups in total. The number of carbonyl (C=O) groups is 1. The highest BCUT2D eigenvalue weighted by Crippen LogP contribution is 2.15. The molecule has 0 saturated carbocycles. The van der Waals surface area contributed by atoms with Crippen molar-refractivity contribution >= 4 is 28.4 Å². The van der Waals surface area contributed by atoms with E-state index in [2.05, 4.69) is 28.7 Å². The molecule has 0 aliphatic carbocycles. The second kappa shape index (κ2) is 5.86. The van der Waals surface area contributed by atoms with Gasteiger partial charge in [0.05, 0.1) is 6.07 Å². The maximum absolute atomic E-state index is 11.9. The van der Waals surface area contributed by atoms with Crippen LogP contribution >= 0.6 is 22.6 Å². The zero-order valence-corrected chi connectivity index (χ0v) is 10.7. The number of hydrogen-bond donors (Lipinski definition) is 0. The fourth-order valence-corrected chi connectivity index (χ4v) is 1.72. The zero-order chi connectivity index (χ0) is 11.3. The molecule has 1 rings (SSSR count). The smallest absolute Gasteiger partial charge is 0.179 e. The van der Waals surface area contributed by atoms with E-state index in [1.54, 1.807) is 12.1 Å². The maximum Gasteiger partial charge on any atom is 0.179 e. The third-order valence-corrected chi connectivity index (χ3v) is 2.90. The molecule has 1 aromatic carbocycles. The third kappa shape index (κ3) is 3.31. The quantitative estimate of drug-likeness (QED) is 0.631. The average molecular weight is 313 g/mol. The van der Waals surface area contributed by atoms with Crippen molar-refractivity contribution in [2.45, 2.75) is 19.8 Å². The molecule has 1 unspecified atom stereocenters. The molecule has 0 fully saturated rings. The van der Waals surface area contributed by atoms with Crippen molar-refractivity contribution in [3.8, 4) is 6.07 Å². The fraction of sp³-hybridized carbons (Fsp3) is 0.333. The lowest BCUT2D eigenvalue weighted by molar-refractivity contribution is 0.0943. The number of benzene rings is 1. The summed E-state index contributed by atoms with van der Waals surface area (Å²) in [6, 6.07) is 9.39. The molecule has 1 aromatic rings. The highest BCUT2D eigenvalue weighted by Gasteiger charge is 2.18. The van der Waals surface area contributed by atoms with Crippen LogP contribution in [0.4, 0.5) is 0 Å². The molecule has 3 heteroatoms. The highest BCUT2D eigenvalue weighted by atomic mass is 127. The number of hydrogen-bond acceptors (Lipinski definition) is 2. The predicted molar refractivity (Wildman–Crippen MR) is 67.5 cm³/mol. The first-order valence-electron chi connectivity index (χ1n) is 4.88. The summed E-state index contributed by atoms with van der Waals surface area (Å²) in [5.41, 5.74) is 0.635. The lowest BCUT2D eigenvalue weighted by Crippen LogP contribution is -2.12. The van der Waals surface area contributed by atoms with Crippen LogP contribution in [-0.4, -0.2) is 5.78 Å². The Balaban J connectivity index is 2.84. The van der Waals surface area contributed by atoms with Crippen LogP contribution in [-0.2, 0) is 0 Å². The number of rotatable bonds is 4. The molecule has 0 aliphatic rings. The van der Waals surface area contributed by atoms with Gasteiger partial charge >= 0.3 is 0 Å². The largest absolute Gasteiger partial charge is 0.293 e. The van der Waals surface area contributed by atoms with Crippen LogP contribution in [0.2, 0.25) is 0 Å². The minimum atomic E-state index is -0.491. The molecule has 0 heterocycles. The Kier molecular flexibility index (Phi) is 4.76. The molecule has 1 atom stereocenters. The van der Waals surface area contributed by atoms with Gasteiger partial charge in [0.25, 0.3) is 0 Å². The first kappa shape index (κ1) is 12.2. The molecule has 0 bridgehead atoms. The Bertz CT molecular complexity index is 378. The van der Waals surface area contributed by atoms with Gasteiger partial charge in [0.1, 0.15) is 5.92 Å². The van der Waals surface area contributed by atoms with Crippen molar-refractivity contribution in [1.29, 1.82) is 5.26 Å². The van der Waals surface area contributed by atoms with E-state index >= 15 is 0 Å². The van der Waals surface area contributed by atoms with Crippen molar-refractivity contribution in [1.82, 2.24) is 0 Å². The molecular formula is C12H12INO. The Hall–Kier alpha value is -0.890. The molecule has 0 saturated heterocycles. The molecular weight excluding hydrogens is 301 g/mol. The molecule has 0 amide bonds. The lowest BCUT2D eigenvalue weighted by atomic mass is 9.95. The van der Waals surface area contributed by atoms with Gasteiger partial charge in [-0.05, 0) is 41.1 Å². The minimum Gasteiger partial charge on any atom is -0.293 e. The standard InChI is InChI=1S/C12H12INO/c1-2-3-10(8-14)12(15)9-4-6-11(13)7-5-9/h4-7,10H,2-3H2,1H3. The first-order chi connectivity index (χ1) is 7.19. The SMILES string of the molecule is CCCC(C#N)C(=O)c1ccc(I)cc1. The maximum atomic E-state index is 11.9. The number of halogens is 1. The van der Waals surface area contributed by atoms with Crippen LogP contribution < -0.4 is 0 Å². The van der Waals surface area contributed by atoms with Crippen molar-refractivity contribution in [3.63, 3.8) is 0 Å². The van der Waals surface area contributed by atoms with E-state index in [1.807, 2.05) is 19.1 Å². The van der Waals surface area contributed by atoms with Gasteiger partial charge in [0, 0.05) is 9.13 Å². The van der Waals surface area contributed by atoms with Crippen molar-refractivity contribution in [2.75, 3.05) is 0 Å². The van der Waals surface area contributed by atoms with Crippen LogP contribution in [0.25, 0.3) is 0 Å². The van der Waals surface area contributed by atoms with Gasteiger partial charge in [-0.2, -0.15) is 5.26 Å². The normalized spacial score (nSPS) is 11.8. The Morgan fingerprint density at radius 1 is 1.47 bits per heavy atom.